The van der Waals surface area contributed by atoms with Gasteiger partial charge in [-0.2, -0.15) is 0 Å². The van der Waals surface area contributed by atoms with Gasteiger partial charge in [-0.3, -0.25) is 4.79 Å². The van der Waals surface area contributed by atoms with Crippen LogP contribution in [0.5, 0.6) is 5.75 Å². The molecule has 0 aliphatic rings. The van der Waals surface area contributed by atoms with Crippen molar-refractivity contribution in [3.05, 3.63) is 60.2 Å². The van der Waals surface area contributed by atoms with Gasteiger partial charge in [0.05, 0.1) is 25.4 Å². The Morgan fingerprint density at radius 3 is 2.44 bits per heavy atom. The van der Waals surface area contributed by atoms with E-state index in [1.54, 1.807) is 24.3 Å². The maximum Gasteiger partial charge on any atom is 0.339 e. The van der Waals surface area contributed by atoms with Gasteiger partial charge < -0.3 is 19.7 Å². The number of hydrogen-bond donors (Lipinski definition) is 2. The van der Waals surface area contributed by atoms with Crippen molar-refractivity contribution >= 4 is 17.6 Å². The van der Waals surface area contributed by atoms with Gasteiger partial charge in [-0.15, -0.1) is 0 Å². The van der Waals surface area contributed by atoms with E-state index in [0.29, 0.717) is 24.4 Å². The number of ether oxygens (including phenoxy) is 2. The first-order valence-corrected chi connectivity index (χ1v) is 8.06. The highest BCUT2D eigenvalue weighted by Gasteiger charge is 2.15. The van der Waals surface area contributed by atoms with E-state index in [2.05, 4.69) is 5.32 Å². The zero-order chi connectivity index (χ0) is 18.1. The van der Waals surface area contributed by atoms with E-state index in [1.807, 2.05) is 37.4 Å². The summed E-state index contributed by atoms with van der Waals surface area (Å²) in [5.74, 6) is 0.160. The molecule has 0 aliphatic heterocycles. The molecule has 0 bridgehead atoms. The van der Waals surface area contributed by atoms with Gasteiger partial charge in [0.25, 0.3) is 5.91 Å². The second-order valence-corrected chi connectivity index (χ2v) is 5.63. The molecule has 0 heterocycles. The highest BCUT2D eigenvalue weighted by Crippen LogP contribution is 2.15. The number of carbonyl (C=O) groups is 2. The summed E-state index contributed by atoms with van der Waals surface area (Å²) in [6.07, 6.45) is 0. The van der Waals surface area contributed by atoms with Crippen LogP contribution in [0.3, 0.4) is 0 Å². The fourth-order valence-electron chi connectivity index (χ4n) is 2.30. The fourth-order valence-corrected chi connectivity index (χ4v) is 2.30. The topological polar surface area (TPSA) is 69.1 Å². The quantitative estimate of drug-likeness (QED) is 0.702. The summed E-state index contributed by atoms with van der Waals surface area (Å²) in [4.78, 5) is 24.9. The second kappa shape index (κ2) is 9.44. The van der Waals surface area contributed by atoms with Crippen molar-refractivity contribution in [1.82, 2.24) is 0 Å². The number of rotatable bonds is 8. The van der Waals surface area contributed by atoms with Gasteiger partial charge in [0.2, 0.25) is 0 Å². The van der Waals surface area contributed by atoms with E-state index >= 15 is 0 Å². The van der Waals surface area contributed by atoms with Gasteiger partial charge >= 0.3 is 5.97 Å². The van der Waals surface area contributed by atoms with Crippen LogP contribution in [0, 0.1) is 0 Å². The summed E-state index contributed by atoms with van der Waals surface area (Å²) in [5, 5.41) is 2.76. The van der Waals surface area contributed by atoms with Crippen LogP contribution in [-0.2, 0) is 9.53 Å². The average Bonchev–Trinajstić information content (AvgIpc) is 2.62. The summed E-state index contributed by atoms with van der Waals surface area (Å²) < 4.78 is 10.4. The number of esters is 1. The molecule has 1 amide bonds. The minimum atomic E-state index is -0.479. The van der Waals surface area contributed by atoms with E-state index in [1.165, 1.54) is 7.11 Å². The molecule has 6 nitrogen and oxygen atoms in total. The molecule has 0 saturated heterocycles. The average molecular weight is 343 g/mol. The summed E-state index contributed by atoms with van der Waals surface area (Å²) >= 11 is 0. The summed E-state index contributed by atoms with van der Waals surface area (Å²) in [5.41, 5.74) is 0.788. The van der Waals surface area contributed by atoms with Gasteiger partial charge in [0.15, 0.2) is 6.54 Å². The maximum absolute atomic E-state index is 12.2. The molecule has 2 aromatic rings. The highest BCUT2D eigenvalue weighted by atomic mass is 16.5. The van der Waals surface area contributed by atoms with Crippen molar-refractivity contribution in [2.24, 2.45) is 0 Å². The van der Waals surface area contributed by atoms with Crippen LogP contribution in [0.25, 0.3) is 0 Å². The number of quaternary nitrogens is 1. The first-order valence-electron chi connectivity index (χ1n) is 8.06. The Kier molecular flexibility index (Phi) is 6.98. The van der Waals surface area contributed by atoms with E-state index < -0.39 is 5.97 Å². The number of hydrogen-bond acceptors (Lipinski definition) is 4. The number of anilines is 1. The highest BCUT2D eigenvalue weighted by molar-refractivity contribution is 6.01. The van der Waals surface area contributed by atoms with Crippen LogP contribution in [0.2, 0.25) is 0 Å². The fraction of sp³-hybridized carbons (Fsp3) is 0.263. The largest absolute Gasteiger partial charge is 0.488 e. The number of benzene rings is 2. The molecule has 2 rings (SSSR count). The van der Waals surface area contributed by atoms with Crippen molar-refractivity contribution in [1.29, 1.82) is 0 Å². The van der Waals surface area contributed by atoms with E-state index in [4.69, 9.17) is 9.47 Å². The molecule has 0 saturated carbocycles. The van der Waals surface area contributed by atoms with Crippen LogP contribution in [0.15, 0.2) is 54.6 Å². The zero-order valence-electron chi connectivity index (χ0n) is 14.5. The molecule has 1 atom stereocenters. The number of nitrogens with one attached hydrogen (secondary N) is 2. The Bertz CT molecular complexity index is 704. The third kappa shape index (κ3) is 5.93. The third-order valence-electron chi connectivity index (χ3n) is 3.61. The van der Waals surface area contributed by atoms with Gasteiger partial charge in [0.1, 0.15) is 18.9 Å². The van der Waals surface area contributed by atoms with Crippen LogP contribution < -0.4 is 15.0 Å². The number of methoxy groups -OCH3 is 1. The van der Waals surface area contributed by atoms with Gasteiger partial charge in [-0.05, 0) is 24.3 Å². The minimum Gasteiger partial charge on any atom is -0.488 e. The summed E-state index contributed by atoms with van der Waals surface area (Å²) in [6, 6.07) is 16.3. The molecular weight excluding hydrogens is 320 g/mol. The molecule has 0 spiro atoms. The van der Waals surface area contributed by atoms with Crippen LogP contribution in [0.1, 0.15) is 10.4 Å². The van der Waals surface area contributed by atoms with Gasteiger partial charge in [-0.1, -0.05) is 30.3 Å². The molecule has 2 aromatic carbocycles. The molecule has 0 fully saturated rings. The predicted molar refractivity (Wildman–Crippen MR) is 95.0 cm³/mol. The van der Waals surface area contributed by atoms with Crippen molar-refractivity contribution < 1.29 is 24.0 Å². The third-order valence-corrected chi connectivity index (χ3v) is 3.61. The lowest BCUT2D eigenvalue weighted by Crippen LogP contribution is -3.10. The zero-order valence-corrected chi connectivity index (χ0v) is 14.5. The number of carbonyl (C=O) groups excluding carboxylic acids is 2. The van der Waals surface area contributed by atoms with Gasteiger partial charge in [-0.25, -0.2) is 4.79 Å². The summed E-state index contributed by atoms with van der Waals surface area (Å²) in [7, 11) is 3.23. The molecule has 0 radical (unpaired) electrons. The first kappa shape index (κ1) is 18.5. The molecule has 132 valence electrons. The van der Waals surface area contributed by atoms with Crippen molar-refractivity contribution in [3.8, 4) is 5.75 Å². The lowest BCUT2D eigenvalue weighted by molar-refractivity contribution is -0.871. The molecule has 0 aromatic heterocycles. The van der Waals surface area contributed by atoms with Crippen LogP contribution in [-0.4, -0.2) is 45.7 Å². The first-order chi connectivity index (χ1) is 12.1. The standard InChI is InChI=1S/C19H22N2O4/c1-21(12-13-25-15-8-4-3-5-9-15)14-18(22)20-17-11-7-6-10-16(17)19(23)24-2/h3-11H,12-14H2,1-2H3,(H,20,22)/p+1. The van der Waals surface area contributed by atoms with Gasteiger partial charge in [0, 0.05) is 0 Å². The van der Waals surface area contributed by atoms with E-state index in [9.17, 15) is 9.59 Å². The number of likely N-dealkylation sites (N-methyl/N-ethyl adjacent to an activating group) is 1. The molecule has 25 heavy (non-hydrogen) atoms. The Hall–Kier alpha value is -2.86. The molecule has 1 unspecified atom stereocenters. The lowest BCUT2D eigenvalue weighted by Gasteiger charge is -2.15. The number of amides is 1. The smallest absolute Gasteiger partial charge is 0.339 e. The van der Waals surface area contributed by atoms with E-state index in [0.717, 1.165) is 10.6 Å². The van der Waals surface area contributed by atoms with Crippen LogP contribution in [0.4, 0.5) is 5.69 Å². The van der Waals surface area contributed by atoms with E-state index in [-0.39, 0.29) is 12.5 Å². The molecule has 2 N–H and O–H groups in total. The van der Waals surface area contributed by atoms with Crippen molar-refractivity contribution in [3.63, 3.8) is 0 Å². The Labute approximate surface area is 147 Å². The van der Waals surface area contributed by atoms with Crippen molar-refractivity contribution in [2.75, 3.05) is 39.2 Å². The van der Waals surface area contributed by atoms with Crippen molar-refractivity contribution in [2.45, 2.75) is 0 Å². The predicted octanol–water partition coefficient (Wildman–Crippen LogP) is 1.01. The Morgan fingerprint density at radius 1 is 1.04 bits per heavy atom. The Balaban J connectivity index is 1.81. The lowest BCUT2D eigenvalue weighted by atomic mass is 10.2. The van der Waals surface area contributed by atoms with Crippen LogP contribution >= 0.6 is 0 Å². The minimum absolute atomic E-state index is 0.173. The molecule has 6 heteroatoms. The Morgan fingerprint density at radius 2 is 1.72 bits per heavy atom. The molecule has 0 aliphatic carbocycles. The second-order valence-electron chi connectivity index (χ2n) is 5.63. The summed E-state index contributed by atoms with van der Waals surface area (Å²) in [6.45, 7) is 1.47. The normalized spacial score (nSPS) is 11.4. The monoisotopic (exact) mass is 343 g/mol. The maximum atomic E-state index is 12.2. The molecular formula is C19H23N2O4+. The SMILES string of the molecule is COC(=O)c1ccccc1NC(=O)C[NH+](C)CCOc1ccccc1. The number of para-hydroxylation sites is 2.